The van der Waals surface area contributed by atoms with Gasteiger partial charge in [-0.2, -0.15) is 0 Å². The van der Waals surface area contributed by atoms with Crippen LogP contribution in [0.5, 0.6) is 17.2 Å². The Hall–Kier alpha value is -3.94. The van der Waals surface area contributed by atoms with Crippen molar-refractivity contribution in [1.82, 2.24) is 14.8 Å². The molecule has 3 rings (SSSR count). The summed E-state index contributed by atoms with van der Waals surface area (Å²) in [7, 11) is 3.05. The summed E-state index contributed by atoms with van der Waals surface area (Å²) in [6.45, 7) is 11.7. The lowest BCUT2D eigenvalue weighted by Crippen LogP contribution is -2.48. The van der Waals surface area contributed by atoms with Gasteiger partial charge in [-0.1, -0.05) is 44.7 Å². The van der Waals surface area contributed by atoms with Crippen molar-refractivity contribution in [3.63, 3.8) is 0 Å². The van der Waals surface area contributed by atoms with Crippen molar-refractivity contribution in [2.24, 2.45) is 0 Å². The van der Waals surface area contributed by atoms with Crippen molar-refractivity contribution in [3.05, 3.63) is 76.9 Å². The molecular weight excluding hydrogens is 458 g/mol. The lowest BCUT2D eigenvalue weighted by molar-refractivity contribution is 0.0668. The fourth-order valence-electron chi connectivity index (χ4n) is 4.38. The highest BCUT2D eigenvalue weighted by atomic mass is 16.5. The van der Waals surface area contributed by atoms with Crippen molar-refractivity contribution >= 4 is 5.91 Å². The predicted octanol–water partition coefficient (Wildman–Crippen LogP) is 4.12. The Balaban J connectivity index is 2.04. The average Bonchev–Trinajstić information content (AvgIpc) is 2.90. The summed E-state index contributed by atoms with van der Waals surface area (Å²) in [4.78, 5) is 33.2. The van der Waals surface area contributed by atoms with Crippen molar-refractivity contribution in [3.8, 4) is 28.4 Å². The lowest BCUT2D eigenvalue weighted by Gasteiger charge is -2.36. The van der Waals surface area contributed by atoms with E-state index in [1.165, 1.54) is 14.2 Å². The minimum Gasteiger partial charge on any atom is -0.506 e. The van der Waals surface area contributed by atoms with Gasteiger partial charge < -0.3 is 29.4 Å². The van der Waals surface area contributed by atoms with Gasteiger partial charge in [0.25, 0.3) is 11.5 Å². The Morgan fingerprint density at radius 1 is 1.11 bits per heavy atom. The highest BCUT2D eigenvalue weighted by Gasteiger charge is 2.31. The molecule has 192 valence electrons. The van der Waals surface area contributed by atoms with Gasteiger partial charge in [-0.15, -0.1) is 0 Å². The van der Waals surface area contributed by atoms with E-state index in [4.69, 9.17) is 9.47 Å². The van der Waals surface area contributed by atoms with Gasteiger partial charge in [-0.3, -0.25) is 9.59 Å². The predicted molar refractivity (Wildman–Crippen MR) is 142 cm³/mol. The summed E-state index contributed by atoms with van der Waals surface area (Å²) in [6.07, 6.45) is 7.55. The number of piperazine rings is 1. The van der Waals surface area contributed by atoms with E-state index in [1.54, 1.807) is 29.2 Å². The van der Waals surface area contributed by atoms with Crippen LogP contribution in [-0.2, 0) is 6.42 Å². The first kappa shape index (κ1) is 26.7. The van der Waals surface area contributed by atoms with E-state index < -0.39 is 11.5 Å². The molecule has 2 aromatic rings. The van der Waals surface area contributed by atoms with Gasteiger partial charge in [0, 0.05) is 37.6 Å². The van der Waals surface area contributed by atoms with Crippen LogP contribution in [0.1, 0.15) is 35.8 Å². The molecule has 0 radical (unpaired) electrons. The summed E-state index contributed by atoms with van der Waals surface area (Å²) in [5.74, 6) is 0.0521. The molecule has 8 heteroatoms. The monoisotopic (exact) mass is 493 g/mol. The number of ether oxygens (including phenoxy) is 2. The number of methoxy groups -OCH3 is 2. The Bertz CT molecular complexity index is 1180. The molecule has 0 spiro atoms. The first-order valence-corrected chi connectivity index (χ1v) is 12.1. The maximum atomic E-state index is 13.5. The van der Waals surface area contributed by atoms with Crippen LogP contribution in [-0.4, -0.2) is 66.2 Å². The number of carbonyl (C=O) groups excluding carboxylic acids is 1. The van der Waals surface area contributed by atoms with E-state index in [2.05, 4.69) is 23.0 Å². The zero-order valence-corrected chi connectivity index (χ0v) is 21.3. The van der Waals surface area contributed by atoms with Crippen LogP contribution in [0.2, 0.25) is 0 Å². The number of carbonyl (C=O) groups is 1. The summed E-state index contributed by atoms with van der Waals surface area (Å²) in [5.41, 5.74) is 1.31. The number of nitrogens with one attached hydrogen (secondary N) is 1. The Labute approximate surface area is 212 Å². The number of amides is 1. The number of pyridine rings is 1. The van der Waals surface area contributed by atoms with Crippen LogP contribution >= 0.6 is 0 Å². The molecule has 0 atom stereocenters. The zero-order valence-electron chi connectivity index (χ0n) is 21.3. The smallest absolute Gasteiger partial charge is 0.264 e. The number of benzene rings is 1. The molecule has 2 N–H and O–H groups in total. The van der Waals surface area contributed by atoms with Crippen molar-refractivity contribution in [2.75, 3.05) is 40.4 Å². The molecule has 1 aliphatic rings. The number of nitrogens with zero attached hydrogens (tertiary/aromatic N) is 2. The molecule has 1 amide bonds. The second-order valence-corrected chi connectivity index (χ2v) is 8.54. The Morgan fingerprint density at radius 3 is 2.28 bits per heavy atom. The average molecular weight is 494 g/mol. The molecule has 1 aliphatic heterocycles. The van der Waals surface area contributed by atoms with Gasteiger partial charge in [0.2, 0.25) is 0 Å². The number of aromatic nitrogens is 1. The zero-order chi connectivity index (χ0) is 26.2. The molecule has 0 unspecified atom stereocenters. The van der Waals surface area contributed by atoms with Crippen LogP contribution in [0.15, 0.2) is 60.1 Å². The van der Waals surface area contributed by atoms with Gasteiger partial charge >= 0.3 is 0 Å². The van der Waals surface area contributed by atoms with Crippen molar-refractivity contribution < 1.29 is 19.4 Å². The van der Waals surface area contributed by atoms with E-state index in [0.29, 0.717) is 60.9 Å². The molecule has 1 fully saturated rings. The molecule has 1 saturated heterocycles. The van der Waals surface area contributed by atoms with Crippen LogP contribution in [0.3, 0.4) is 0 Å². The van der Waals surface area contributed by atoms with E-state index in [9.17, 15) is 14.7 Å². The van der Waals surface area contributed by atoms with Crippen LogP contribution < -0.4 is 15.0 Å². The number of aromatic amines is 1. The van der Waals surface area contributed by atoms with E-state index >= 15 is 0 Å². The normalized spacial score (nSPS) is 13.6. The van der Waals surface area contributed by atoms with E-state index in [-0.39, 0.29) is 11.3 Å². The molecule has 36 heavy (non-hydrogen) atoms. The van der Waals surface area contributed by atoms with E-state index in [0.717, 1.165) is 18.5 Å². The van der Waals surface area contributed by atoms with Gasteiger partial charge in [0.1, 0.15) is 22.8 Å². The fraction of sp³-hybridized carbons (Fsp3) is 0.357. The summed E-state index contributed by atoms with van der Waals surface area (Å²) in [5, 5.41) is 11.5. The first-order valence-electron chi connectivity index (χ1n) is 12.1. The number of allylic oxidation sites excluding steroid dienone is 3. The topological polar surface area (TPSA) is 95.1 Å². The molecular formula is C28H35N3O5. The maximum absolute atomic E-state index is 13.5. The van der Waals surface area contributed by atoms with Crippen LogP contribution in [0.4, 0.5) is 0 Å². The summed E-state index contributed by atoms with van der Waals surface area (Å²) in [6, 6.07) is 5.28. The SMILES string of the molecule is C=C/C=C\C(=C)N1CCN(C(=O)c2c(O)c(-c3c(OC)cccc3OC)c(CCCC)[nH]c2=O)CC1. The quantitative estimate of drug-likeness (QED) is 0.484. The first-order chi connectivity index (χ1) is 17.4. The Kier molecular flexibility index (Phi) is 9.00. The van der Waals surface area contributed by atoms with Crippen molar-refractivity contribution in [1.29, 1.82) is 0 Å². The van der Waals surface area contributed by atoms with Crippen LogP contribution in [0.25, 0.3) is 11.1 Å². The second kappa shape index (κ2) is 12.2. The molecule has 0 bridgehead atoms. The minimum absolute atomic E-state index is 0.281. The molecule has 1 aromatic heterocycles. The van der Waals surface area contributed by atoms with Crippen molar-refractivity contribution in [2.45, 2.75) is 26.2 Å². The van der Waals surface area contributed by atoms with Crippen LogP contribution in [0, 0.1) is 0 Å². The number of unbranched alkanes of at least 4 members (excludes halogenated alkanes) is 1. The molecule has 8 nitrogen and oxygen atoms in total. The number of hydrogen-bond acceptors (Lipinski definition) is 6. The maximum Gasteiger partial charge on any atom is 0.264 e. The highest BCUT2D eigenvalue weighted by Crippen LogP contribution is 2.44. The largest absolute Gasteiger partial charge is 0.506 e. The standard InChI is InChI=1S/C28H35N3O5/c1-6-8-11-19(3)30-15-17-31(18-16-30)28(34)25-26(32)23(20(12-9-7-2)29-27(25)33)24-21(35-4)13-10-14-22(24)36-5/h6,8,10-11,13-14H,1,3,7,9,12,15-18H2,2,4-5H3,(H2,29,32,33)/b11-8-. The number of H-pyrrole nitrogens is 1. The van der Waals surface area contributed by atoms with Gasteiger partial charge in [-0.25, -0.2) is 0 Å². The van der Waals surface area contributed by atoms with E-state index in [1.807, 2.05) is 19.1 Å². The third-order valence-electron chi connectivity index (χ3n) is 6.34. The molecule has 1 aromatic carbocycles. The highest BCUT2D eigenvalue weighted by molar-refractivity contribution is 6.00. The van der Waals surface area contributed by atoms with Gasteiger partial charge in [0.05, 0.1) is 25.3 Å². The number of rotatable bonds is 10. The number of aryl methyl sites for hydroxylation is 1. The lowest BCUT2D eigenvalue weighted by atomic mass is 9.95. The Morgan fingerprint density at radius 2 is 1.72 bits per heavy atom. The second-order valence-electron chi connectivity index (χ2n) is 8.54. The molecule has 0 aliphatic carbocycles. The molecule has 2 heterocycles. The number of aromatic hydroxyl groups is 1. The summed E-state index contributed by atoms with van der Waals surface area (Å²) >= 11 is 0. The fourth-order valence-corrected chi connectivity index (χ4v) is 4.38. The van der Waals surface area contributed by atoms with Gasteiger partial charge in [0.15, 0.2) is 0 Å². The van der Waals surface area contributed by atoms with Gasteiger partial charge in [-0.05, 0) is 31.1 Å². The number of hydrogen-bond donors (Lipinski definition) is 2. The molecule has 0 saturated carbocycles. The summed E-state index contributed by atoms with van der Waals surface area (Å²) < 4.78 is 11.1. The third kappa shape index (κ3) is 5.48. The minimum atomic E-state index is -0.609. The third-order valence-corrected chi connectivity index (χ3v) is 6.34.